The molecule has 0 atom stereocenters. The summed E-state index contributed by atoms with van der Waals surface area (Å²) in [5.41, 5.74) is -0.129. The van der Waals surface area contributed by atoms with Gasteiger partial charge in [0.25, 0.3) is 5.56 Å². The zero-order chi connectivity index (χ0) is 27.7. The van der Waals surface area contributed by atoms with Crippen molar-refractivity contribution >= 4 is 11.6 Å². The Bertz CT molecular complexity index is 1540. The fourth-order valence-corrected chi connectivity index (χ4v) is 5.75. The number of carbonyl (C=O) groups excluding carboxylic acids is 1. The van der Waals surface area contributed by atoms with Crippen LogP contribution in [0.3, 0.4) is 0 Å². The molecule has 1 N–H and O–H groups in total. The number of ether oxygens (including phenoxy) is 1. The van der Waals surface area contributed by atoms with E-state index in [4.69, 9.17) is 4.74 Å². The lowest BCUT2D eigenvalue weighted by Crippen LogP contribution is -2.51. The van der Waals surface area contributed by atoms with Crippen LogP contribution in [-0.4, -0.2) is 64.9 Å². The molecule has 0 unspecified atom stereocenters. The van der Waals surface area contributed by atoms with Crippen LogP contribution in [0, 0.1) is 11.7 Å². The summed E-state index contributed by atoms with van der Waals surface area (Å²) in [6.45, 7) is 0.931. The summed E-state index contributed by atoms with van der Waals surface area (Å²) in [5.74, 6) is 0.493. The number of pyridine rings is 1. The lowest BCUT2D eigenvalue weighted by Gasteiger charge is -2.40. The summed E-state index contributed by atoms with van der Waals surface area (Å²) in [6.07, 6.45) is 10.3. The van der Waals surface area contributed by atoms with Crippen LogP contribution in [0.5, 0.6) is 5.75 Å². The maximum atomic E-state index is 13.3. The molecule has 0 bridgehead atoms. The van der Waals surface area contributed by atoms with E-state index in [-0.39, 0.29) is 41.5 Å². The van der Waals surface area contributed by atoms with E-state index in [1.807, 2.05) is 17.0 Å². The minimum atomic E-state index is -1.14. The third-order valence-electron chi connectivity index (χ3n) is 8.07. The summed E-state index contributed by atoms with van der Waals surface area (Å²) in [5, 5.41) is 15.7. The van der Waals surface area contributed by atoms with Crippen LogP contribution in [0.25, 0.3) is 16.9 Å². The lowest BCUT2D eigenvalue weighted by atomic mass is 9.85. The minimum absolute atomic E-state index is 0.0371. The van der Waals surface area contributed by atoms with Crippen molar-refractivity contribution in [2.75, 3.05) is 13.1 Å². The first-order valence-corrected chi connectivity index (χ1v) is 13.7. The predicted octanol–water partition coefficient (Wildman–Crippen LogP) is 3.08. The van der Waals surface area contributed by atoms with Gasteiger partial charge in [0.2, 0.25) is 11.6 Å². The van der Waals surface area contributed by atoms with Gasteiger partial charge in [-0.2, -0.15) is 5.10 Å². The average Bonchev–Trinajstić information content (AvgIpc) is 3.41. The van der Waals surface area contributed by atoms with Crippen molar-refractivity contribution in [3.63, 3.8) is 0 Å². The first-order chi connectivity index (χ1) is 19.4. The topological polar surface area (TPSA) is 115 Å². The van der Waals surface area contributed by atoms with Gasteiger partial charge in [0.05, 0.1) is 36.3 Å². The molecule has 40 heavy (non-hydrogen) atoms. The molecule has 1 aromatic carbocycles. The van der Waals surface area contributed by atoms with E-state index in [1.54, 1.807) is 24.5 Å². The fraction of sp³-hybridized carbons (Fsp3) is 0.414. The Hall–Kier alpha value is -4.12. The van der Waals surface area contributed by atoms with Crippen LogP contribution >= 0.6 is 0 Å². The molecule has 4 aromatic rings. The number of piperidine rings is 1. The Labute approximate surface area is 230 Å². The smallest absolute Gasteiger partial charge is 0.296 e. The molecule has 1 saturated heterocycles. The normalized spacial score (nSPS) is 20.9. The zero-order valence-electron chi connectivity index (χ0n) is 22.0. The maximum absolute atomic E-state index is 13.3. The Balaban J connectivity index is 1.05. The minimum Gasteiger partial charge on any atom is -0.489 e. The van der Waals surface area contributed by atoms with E-state index >= 15 is 0 Å². The second-order valence-corrected chi connectivity index (χ2v) is 10.8. The maximum Gasteiger partial charge on any atom is 0.296 e. The van der Waals surface area contributed by atoms with Crippen molar-refractivity contribution in [3.8, 4) is 17.0 Å². The molecule has 3 aromatic heterocycles. The van der Waals surface area contributed by atoms with Crippen LogP contribution < -0.4 is 10.3 Å². The van der Waals surface area contributed by atoms with Gasteiger partial charge in [0, 0.05) is 30.8 Å². The van der Waals surface area contributed by atoms with Gasteiger partial charge in [-0.05, 0) is 74.9 Å². The molecule has 208 valence electrons. The molecule has 1 aliphatic heterocycles. The number of imidazole rings is 1. The number of nitrogens with zero attached hydrogens (tertiary/aromatic N) is 6. The van der Waals surface area contributed by atoms with Crippen molar-refractivity contribution in [3.05, 3.63) is 77.5 Å². The van der Waals surface area contributed by atoms with Crippen LogP contribution in [0.2, 0.25) is 0 Å². The summed E-state index contributed by atoms with van der Waals surface area (Å²) < 4.78 is 22.1. The molecule has 11 heteroatoms. The van der Waals surface area contributed by atoms with E-state index in [1.165, 1.54) is 33.7 Å². The summed E-state index contributed by atoms with van der Waals surface area (Å²) in [6, 6.07) is 9.62. The first kappa shape index (κ1) is 26.1. The molecule has 2 fully saturated rings. The van der Waals surface area contributed by atoms with Gasteiger partial charge in [0.15, 0.2) is 0 Å². The molecule has 2 aliphatic rings. The van der Waals surface area contributed by atoms with Gasteiger partial charge in [0.1, 0.15) is 17.9 Å². The number of aromatic nitrogens is 5. The molecule has 1 amide bonds. The zero-order valence-corrected chi connectivity index (χ0v) is 22.0. The molecule has 10 nitrogen and oxygen atoms in total. The third-order valence-corrected chi connectivity index (χ3v) is 8.07. The lowest BCUT2D eigenvalue weighted by molar-refractivity contribution is -0.141. The fourth-order valence-electron chi connectivity index (χ4n) is 5.75. The number of likely N-dealkylation sites (tertiary alicyclic amines) is 1. The van der Waals surface area contributed by atoms with E-state index in [9.17, 15) is 19.1 Å². The number of aliphatic hydroxyl groups is 1. The Morgan fingerprint density at radius 3 is 2.52 bits per heavy atom. The second-order valence-electron chi connectivity index (χ2n) is 10.8. The van der Waals surface area contributed by atoms with Crippen LogP contribution in [0.4, 0.5) is 4.39 Å². The standard InChI is InChI=1S/C29H31FN6O4/c30-22-7-3-20(4-8-22)25-17-32-26-28(38)35(19-33-36(25)26)18-29(39)11-14-34(15-12-29)27(37)21-5-9-23(10-6-21)40-24-2-1-13-31-16-24/h1-4,7-8,13,16-17,19,21,23,39H,5-6,9-12,14-15,18H2/t21-,23+. The largest absolute Gasteiger partial charge is 0.489 e. The molecular weight excluding hydrogens is 515 g/mol. The second kappa shape index (κ2) is 10.8. The van der Waals surface area contributed by atoms with Crippen LogP contribution in [0.15, 0.2) is 66.1 Å². The van der Waals surface area contributed by atoms with Crippen molar-refractivity contribution in [1.82, 2.24) is 29.0 Å². The number of rotatable bonds is 6. The van der Waals surface area contributed by atoms with E-state index in [2.05, 4.69) is 15.1 Å². The number of fused-ring (bicyclic) bond motifs is 1. The van der Waals surface area contributed by atoms with Gasteiger partial charge in [-0.15, -0.1) is 0 Å². The quantitative estimate of drug-likeness (QED) is 0.395. The van der Waals surface area contributed by atoms with Gasteiger partial charge >= 0.3 is 0 Å². The third kappa shape index (κ3) is 5.33. The van der Waals surface area contributed by atoms with Gasteiger partial charge in [-0.25, -0.2) is 13.9 Å². The van der Waals surface area contributed by atoms with Crippen molar-refractivity contribution < 1.29 is 19.0 Å². The van der Waals surface area contributed by atoms with E-state index in [0.29, 0.717) is 37.2 Å². The monoisotopic (exact) mass is 546 g/mol. The molecule has 1 saturated carbocycles. The molecule has 6 rings (SSSR count). The average molecular weight is 547 g/mol. The summed E-state index contributed by atoms with van der Waals surface area (Å²) in [7, 11) is 0. The summed E-state index contributed by atoms with van der Waals surface area (Å²) in [4.78, 5) is 36.5. The number of hydrogen-bond acceptors (Lipinski definition) is 7. The van der Waals surface area contributed by atoms with Crippen LogP contribution in [-0.2, 0) is 11.3 Å². The molecule has 4 heterocycles. The molecule has 1 aliphatic carbocycles. The van der Waals surface area contributed by atoms with Gasteiger partial charge in [-0.1, -0.05) is 0 Å². The Kier molecular flexibility index (Phi) is 7.05. The highest BCUT2D eigenvalue weighted by Crippen LogP contribution is 2.31. The first-order valence-electron chi connectivity index (χ1n) is 13.7. The van der Waals surface area contributed by atoms with Crippen molar-refractivity contribution in [1.29, 1.82) is 0 Å². The Morgan fingerprint density at radius 1 is 1.07 bits per heavy atom. The summed E-state index contributed by atoms with van der Waals surface area (Å²) >= 11 is 0. The number of carbonyl (C=O) groups is 1. The van der Waals surface area contributed by atoms with Crippen molar-refractivity contribution in [2.45, 2.75) is 56.8 Å². The number of amides is 1. The van der Waals surface area contributed by atoms with Gasteiger partial charge in [-0.3, -0.25) is 19.1 Å². The van der Waals surface area contributed by atoms with Crippen LogP contribution in [0.1, 0.15) is 38.5 Å². The number of halogens is 1. The SMILES string of the molecule is O=c1c2ncc(-c3ccc(F)cc3)n2ncn1CC1(O)CCN(C(=O)[C@H]2CC[C@@H](Oc3cccnc3)CC2)CC1. The number of benzene rings is 1. The Morgan fingerprint density at radius 2 is 1.82 bits per heavy atom. The van der Waals surface area contributed by atoms with E-state index < -0.39 is 5.60 Å². The van der Waals surface area contributed by atoms with Crippen molar-refractivity contribution in [2.24, 2.45) is 5.92 Å². The molecule has 0 spiro atoms. The van der Waals surface area contributed by atoms with Gasteiger partial charge < -0.3 is 14.7 Å². The highest BCUT2D eigenvalue weighted by Gasteiger charge is 2.37. The molecule has 0 radical (unpaired) electrons. The van der Waals surface area contributed by atoms with E-state index in [0.717, 1.165) is 31.4 Å². The predicted molar refractivity (Wildman–Crippen MR) is 144 cm³/mol. The highest BCUT2D eigenvalue weighted by molar-refractivity contribution is 5.79. The molecular formula is C29H31FN6O4. The number of hydrogen-bond donors (Lipinski definition) is 1. The highest BCUT2D eigenvalue weighted by atomic mass is 19.1.